The van der Waals surface area contributed by atoms with Crippen LogP contribution in [0.2, 0.25) is 0 Å². The van der Waals surface area contributed by atoms with Crippen LogP contribution < -0.4 is 40.2 Å². The van der Waals surface area contributed by atoms with Crippen LogP contribution in [-0.4, -0.2) is 63.7 Å². The summed E-state index contributed by atoms with van der Waals surface area (Å²) in [6.07, 6.45) is 0. The molecule has 11 rings (SSSR count). The zero-order valence-corrected chi connectivity index (χ0v) is 60.6. The van der Waals surface area contributed by atoms with Gasteiger partial charge in [0.25, 0.3) is 52.3 Å². The topological polar surface area (TPSA) is 424 Å². The maximum atomic E-state index is 13.3. The molecule has 0 aliphatic rings. The number of nitrogens with one attached hydrogen (secondary N) is 2. The average Bonchev–Trinajstić information content (AvgIpc) is 0.772. The van der Waals surface area contributed by atoms with Crippen molar-refractivity contribution in [3.05, 3.63) is 239 Å². The Hall–Kier alpha value is -10.9. The molecule has 6 N–H and O–H groups in total. The van der Waals surface area contributed by atoms with Crippen molar-refractivity contribution < 1.29 is 91.0 Å². The number of fused-ring (bicyclic) bond motifs is 2. The fourth-order valence-electron chi connectivity index (χ4n) is 10.2. The van der Waals surface area contributed by atoms with E-state index in [0.29, 0.717) is 103 Å². The number of azo groups is 6. The summed E-state index contributed by atoms with van der Waals surface area (Å²) < 4.78 is 134. The predicted molar refractivity (Wildman–Crippen MR) is 382 cm³/mol. The van der Waals surface area contributed by atoms with E-state index in [-0.39, 0.29) is 62.5 Å². The van der Waals surface area contributed by atoms with E-state index in [2.05, 4.69) is 72.0 Å². The van der Waals surface area contributed by atoms with Gasteiger partial charge in [-0.2, -0.15) is 95.0 Å². The van der Waals surface area contributed by atoms with Gasteiger partial charge in [0.1, 0.15) is 9.79 Å². The van der Waals surface area contributed by atoms with Crippen LogP contribution in [0.5, 0.6) is 0 Å². The molecule has 0 atom stereocenters. The molecule has 11 aromatic carbocycles. The van der Waals surface area contributed by atoms with E-state index in [1.165, 1.54) is 36.4 Å². The molecule has 0 radical (unpaired) electrons. The van der Waals surface area contributed by atoms with Crippen molar-refractivity contribution in [3.63, 3.8) is 0 Å². The number of hydrogen-bond donors (Lipinski definition) is 6. The van der Waals surface area contributed by atoms with Gasteiger partial charge in [-0.1, -0.05) is 12.1 Å². The third kappa shape index (κ3) is 18.6. The number of carbonyl (C=O) groups is 2. The molecule has 2 amide bonds. The smallest absolute Gasteiger partial charge is 0.322 e. The summed E-state index contributed by atoms with van der Waals surface area (Å²) in [5.41, 5.74) is 11.9. The minimum absolute atomic E-state index is 0. The predicted octanol–water partition coefficient (Wildman–Crippen LogP) is 16.8. The van der Waals surface area contributed by atoms with Crippen molar-refractivity contribution in [2.75, 3.05) is 10.6 Å². The minimum atomic E-state index is -4.89. The van der Waals surface area contributed by atoms with Crippen LogP contribution in [0.25, 0.3) is 21.5 Å². The van der Waals surface area contributed by atoms with Crippen molar-refractivity contribution in [2.45, 2.75) is 61.1 Å². The molecule has 0 bridgehead atoms. The quantitative estimate of drug-likeness (QED) is 0.0235. The Morgan fingerprint density at radius 3 is 0.767 bits per heavy atom. The van der Waals surface area contributed by atoms with Crippen LogP contribution >= 0.6 is 0 Å². The summed E-state index contributed by atoms with van der Waals surface area (Å²) in [5, 5.41) is 58.2. The first-order valence-corrected chi connectivity index (χ1v) is 36.0. The maximum Gasteiger partial charge on any atom is 1.00 e. The van der Waals surface area contributed by atoms with Crippen molar-refractivity contribution in [3.8, 4) is 0 Å². The van der Waals surface area contributed by atoms with Gasteiger partial charge in [-0.25, -0.2) is 0 Å². The minimum Gasteiger partial charge on any atom is -0.322 e. The first-order chi connectivity index (χ1) is 48.3. The second-order valence-corrected chi connectivity index (χ2v) is 28.7. The Labute approximate surface area is 611 Å². The third-order valence-corrected chi connectivity index (χ3v) is 19.0. The standard InChI is InChI=1S/C70H56N14O14S4.Na/c1-39-27-49(15-21-61(39)79-73-51-17-23-63(41(3)29-51)81-75-53-19-25-65(43(5)31-53)83-77-55-13-11-47-33-57(99(87,88)89)37-67(59(47)35-55)101(93,94)95)71-69(85)45-7-9-46(10-8-45)70(86)72-50-16-22-62(40(2)28-50)80-74-52-18-24-64(42(4)30-52)82-76-54-20-26-66(44(6)32-54)84-78-56-14-12-48-34-58(100(90,91)92)38-68(60(48)36-56)102(96,97)98;/h7-38H,1-6H3,(H,71,85)(H,72,86)(H,87,88,89)(H,90,91,92)(H,93,94,95)(H,96,97,98);/q;+1. The van der Waals surface area contributed by atoms with Gasteiger partial charge in [0.15, 0.2) is 0 Å². The Kier molecular flexibility index (Phi) is 22.3. The molecule has 103 heavy (non-hydrogen) atoms. The Morgan fingerprint density at radius 1 is 0.282 bits per heavy atom. The summed E-state index contributed by atoms with van der Waals surface area (Å²) in [4.78, 5) is 23.8. The fourth-order valence-corrected chi connectivity index (χ4v) is 12.9. The van der Waals surface area contributed by atoms with Crippen LogP contribution in [0.3, 0.4) is 0 Å². The number of anilines is 2. The number of amides is 2. The van der Waals surface area contributed by atoms with E-state index >= 15 is 0 Å². The molecule has 11 aromatic rings. The molecule has 0 aliphatic heterocycles. The first kappa shape index (κ1) is 74.8. The van der Waals surface area contributed by atoms with Gasteiger partial charge in [-0.15, -0.1) is 0 Å². The Balaban J connectivity index is 0.0000114. The number of rotatable bonds is 20. The number of aryl methyl sites for hydroxylation is 6. The van der Waals surface area contributed by atoms with Gasteiger partial charge < -0.3 is 10.6 Å². The van der Waals surface area contributed by atoms with Gasteiger partial charge in [-0.3, -0.25) is 27.8 Å². The molecule has 0 spiro atoms. The molecule has 514 valence electrons. The SMILES string of the molecule is Cc1cc(N=Nc2ccc(NC(=O)c3ccc(C(=O)Nc4ccc(N=Nc5ccc(N=Nc6ccc(N=Nc7ccc8cc(S(=O)(=O)O)cc(S(=O)(=O)O)c8c7)c(C)c6)c(C)c5)c(C)c4)cc3)cc2C)ccc1N=Nc1ccc(N=Nc2ccc3cc(S(=O)(=O)O)cc(S(=O)(=O)O)c3c2)c(C)c1.[Na+]. The number of nitrogens with zero attached hydrogens (tertiary/aromatic N) is 12. The molecule has 0 unspecified atom stereocenters. The van der Waals surface area contributed by atoms with Gasteiger partial charge >= 0.3 is 29.6 Å². The number of carbonyl (C=O) groups excluding carboxylic acids is 2. The zero-order chi connectivity index (χ0) is 73.0. The monoisotopic (exact) mass is 1470 g/mol. The molecule has 0 fully saturated rings. The fraction of sp³-hybridized carbons (Fsp3) is 0.0857. The molecule has 0 heterocycles. The molecular formula is C70H56N14NaO14S4+. The Bertz CT molecular complexity index is 5620. The van der Waals surface area contributed by atoms with Crippen LogP contribution in [0.1, 0.15) is 54.1 Å². The van der Waals surface area contributed by atoms with Crippen LogP contribution in [0.4, 0.5) is 79.6 Å². The van der Waals surface area contributed by atoms with Gasteiger partial charge in [0, 0.05) is 33.3 Å². The van der Waals surface area contributed by atoms with Gasteiger partial charge in [-0.05, 0) is 268 Å². The second-order valence-electron chi connectivity index (χ2n) is 23.1. The summed E-state index contributed by atoms with van der Waals surface area (Å²) in [7, 11) is -19.3. The van der Waals surface area contributed by atoms with Crippen molar-refractivity contribution in [1.82, 2.24) is 0 Å². The summed E-state index contributed by atoms with van der Waals surface area (Å²) in [6, 6.07) is 49.2. The molecular weight excluding hydrogens is 1410 g/mol. The first-order valence-electron chi connectivity index (χ1n) is 30.2. The molecule has 28 nitrogen and oxygen atoms in total. The third-order valence-electron chi connectivity index (χ3n) is 15.6. The van der Waals surface area contributed by atoms with E-state index in [1.807, 2.05) is 39.8 Å². The van der Waals surface area contributed by atoms with Crippen LogP contribution in [-0.2, 0) is 40.5 Å². The van der Waals surface area contributed by atoms with Crippen molar-refractivity contribution in [1.29, 1.82) is 0 Å². The molecule has 0 aromatic heterocycles. The van der Waals surface area contributed by atoms with Crippen molar-refractivity contribution >= 4 is 153 Å². The number of benzene rings is 11. The summed E-state index contributed by atoms with van der Waals surface area (Å²) in [6.45, 7) is 11.0. The van der Waals surface area contributed by atoms with Crippen LogP contribution in [0.15, 0.2) is 275 Å². The molecule has 33 heteroatoms. The van der Waals surface area contributed by atoms with E-state index in [4.69, 9.17) is 0 Å². The van der Waals surface area contributed by atoms with Gasteiger partial charge in [0.2, 0.25) is 0 Å². The summed E-state index contributed by atoms with van der Waals surface area (Å²) in [5.74, 6) is -0.782. The van der Waals surface area contributed by atoms with E-state index in [1.54, 1.807) is 135 Å². The average molecular weight is 1470 g/mol. The number of hydrogen-bond acceptors (Lipinski definition) is 22. The zero-order valence-electron chi connectivity index (χ0n) is 55.3. The normalized spacial score (nSPS) is 12.4. The molecule has 0 saturated heterocycles. The van der Waals surface area contributed by atoms with Crippen LogP contribution in [0, 0.1) is 41.5 Å². The van der Waals surface area contributed by atoms with E-state index < -0.39 is 71.9 Å². The second kappa shape index (κ2) is 30.8. The summed E-state index contributed by atoms with van der Waals surface area (Å²) >= 11 is 0. The molecule has 0 aliphatic carbocycles. The largest absolute Gasteiger partial charge is 1.00 e. The van der Waals surface area contributed by atoms with Crippen molar-refractivity contribution in [2.24, 2.45) is 61.4 Å². The van der Waals surface area contributed by atoms with E-state index in [9.17, 15) is 61.5 Å². The van der Waals surface area contributed by atoms with Gasteiger partial charge in [0.05, 0.1) is 78.0 Å². The Morgan fingerprint density at radius 2 is 0.524 bits per heavy atom. The molecule has 0 saturated carbocycles. The maximum absolute atomic E-state index is 13.3. The van der Waals surface area contributed by atoms with E-state index in [0.717, 1.165) is 34.4 Å².